The minimum atomic E-state index is -1.00. The number of nitrogens with zero attached hydrogens (tertiary/aromatic N) is 3. The molecule has 1 unspecified atom stereocenters. The molecule has 0 saturated carbocycles. The summed E-state index contributed by atoms with van der Waals surface area (Å²) >= 11 is 1.54. The maximum Gasteiger partial charge on any atom is 0.255 e. The van der Waals surface area contributed by atoms with Crippen LogP contribution in [0, 0.1) is 29.9 Å². The highest BCUT2D eigenvalue weighted by Gasteiger charge is 2.39. The van der Waals surface area contributed by atoms with Crippen molar-refractivity contribution < 1.29 is 13.6 Å². The first-order valence-electron chi connectivity index (χ1n) is 7.12. The number of carbonyl (C=O) groups excluding carboxylic acids is 1. The Hall–Kier alpha value is -2.33. The number of nitriles is 1. The van der Waals surface area contributed by atoms with Crippen LogP contribution in [-0.4, -0.2) is 22.3 Å². The summed E-state index contributed by atoms with van der Waals surface area (Å²) in [6.07, 6.45) is 1.28. The van der Waals surface area contributed by atoms with Gasteiger partial charge in [0.15, 0.2) is 0 Å². The van der Waals surface area contributed by atoms with Crippen LogP contribution >= 0.6 is 11.3 Å². The van der Waals surface area contributed by atoms with E-state index in [0.29, 0.717) is 25.5 Å². The van der Waals surface area contributed by atoms with Crippen molar-refractivity contribution in [3.8, 4) is 6.07 Å². The second-order valence-corrected chi connectivity index (χ2v) is 6.31. The number of fused-ring (bicyclic) bond motifs is 1. The van der Waals surface area contributed by atoms with E-state index in [0.717, 1.165) is 16.8 Å². The standard InChI is InChI=1S/C16H13F2N3OS/c1-9-8-23-14(20-9)3-2-4-21-13(7-19)15-11(16(21)22)5-10(17)6-12(15)18/h5-6,8,13H,2-4H2,1H3. The fourth-order valence-corrected chi connectivity index (χ4v) is 3.57. The van der Waals surface area contributed by atoms with Gasteiger partial charge in [0.25, 0.3) is 5.91 Å². The van der Waals surface area contributed by atoms with Gasteiger partial charge in [-0.3, -0.25) is 4.79 Å². The van der Waals surface area contributed by atoms with E-state index in [4.69, 9.17) is 0 Å². The minimum Gasteiger partial charge on any atom is -0.318 e. The summed E-state index contributed by atoms with van der Waals surface area (Å²) in [5.41, 5.74) is 0.866. The van der Waals surface area contributed by atoms with E-state index >= 15 is 0 Å². The maximum absolute atomic E-state index is 13.9. The number of halogens is 2. The average molecular weight is 333 g/mol. The van der Waals surface area contributed by atoms with Crippen molar-refractivity contribution in [2.24, 2.45) is 0 Å². The Kier molecular flexibility index (Phi) is 4.09. The van der Waals surface area contributed by atoms with Gasteiger partial charge in [0.2, 0.25) is 0 Å². The lowest BCUT2D eigenvalue weighted by Crippen LogP contribution is -2.28. The molecule has 0 spiro atoms. The van der Waals surface area contributed by atoms with Gasteiger partial charge in [-0.15, -0.1) is 11.3 Å². The highest BCUT2D eigenvalue weighted by molar-refractivity contribution is 7.09. The van der Waals surface area contributed by atoms with Crippen LogP contribution in [0.5, 0.6) is 0 Å². The Labute approximate surface area is 136 Å². The number of thiazole rings is 1. The third-order valence-electron chi connectivity index (χ3n) is 3.75. The van der Waals surface area contributed by atoms with Crippen LogP contribution in [0.15, 0.2) is 17.5 Å². The molecule has 0 radical (unpaired) electrons. The van der Waals surface area contributed by atoms with Gasteiger partial charge in [-0.25, -0.2) is 13.8 Å². The quantitative estimate of drug-likeness (QED) is 0.862. The lowest BCUT2D eigenvalue weighted by atomic mass is 10.0. The summed E-state index contributed by atoms with van der Waals surface area (Å²) in [7, 11) is 0. The summed E-state index contributed by atoms with van der Waals surface area (Å²) in [6, 6.07) is 2.64. The van der Waals surface area contributed by atoms with E-state index in [-0.39, 0.29) is 11.1 Å². The van der Waals surface area contributed by atoms with Crippen molar-refractivity contribution in [1.29, 1.82) is 5.26 Å². The van der Waals surface area contributed by atoms with Gasteiger partial charge in [0.05, 0.1) is 16.6 Å². The van der Waals surface area contributed by atoms with Crippen LogP contribution in [0.2, 0.25) is 0 Å². The molecule has 4 nitrogen and oxygen atoms in total. The predicted octanol–water partition coefficient (Wildman–Crippen LogP) is 3.38. The van der Waals surface area contributed by atoms with E-state index < -0.39 is 23.6 Å². The summed E-state index contributed by atoms with van der Waals surface area (Å²) < 4.78 is 27.3. The third-order valence-corrected chi connectivity index (χ3v) is 4.78. The maximum atomic E-state index is 13.9. The first-order chi connectivity index (χ1) is 11.0. The van der Waals surface area contributed by atoms with Crippen LogP contribution in [-0.2, 0) is 6.42 Å². The van der Waals surface area contributed by atoms with Crippen molar-refractivity contribution in [3.63, 3.8) is 0 Å². The van der Waals surface area contributed by atoms with Gasteiger partial charge in [0.1, 0.15) is 17.7 Å². The van der Waals surface area contributed by atoms with Gasteiger partial charge in [-0.05, 0) is 19.4 Å². The number of aryl methyl sites for hydroxylation is 2. The molecule has 0 saturated heterocycles. The van der Waals surface area contributed by atoms with Crippen molar-refractivity contribution in [3.05, 3.63) is 51.0 Å². The smallest absolute Gasteiger partial charge is 0.255 e. The number of carbonyl (C=O) groups is 1. The van der Waals surface area contributed by atoms with Crippen molar-refractivity contribution in [2.45, 2.75) is 25.8 Å². The van der Waals surface area contributed by atoms with E-state index in [1.807, 2.05) is 18.4 Å². The number of rotatable bonds is 4. The molecule has 0 N–H and O–H groups in total. The minimum absolute atomic E-state index is 0.0241. The van der Waals surface area contributed by atoms with E-state index in [9.17, 15) is 18.8 Å². The molecule has 0 fully saturated rings. The topological polar surface area (TPSA) is 57.0 Å². The molecule has 3 rings (SSSR count). The fourth-order valence-electron chi connectivity index (χ4n) is 2.75. The largest absolute Gasteiger partial charge is 0.318 e. The van der Waals surface area contributed by atoms with Gasteiger partial charge in [0, 0.05) is 35.7 Å². The zero-order valence-corrected chi connectivity index (χ0v) is 13.2. The van der Waals surface area contributed by atoms with Gasteiger partial charge < -0.3 is 4.90 Å². The molecular weight excluding hydrogens is 320 g/mol. The van der Waals surface area contributed by atoms with Crippen LogP contribution in [0.4, 0.5) is 8.78 Å². The molecular formula is C16H13F2N3OS. The molecule has 1 aromatic carbocycles. The van der Waals surface area contributed by atoms with Crippen LogP contribution in [0.1, 0.15) is 39.1 Å². The van der Waals surface area contributed by atoms with Crippen molar-refractivity contribution >= 4 is 17.2 Å². The zero-order chi connectivity index (χ0) is 16.6. The van der Waals surface area contributed by atoms with Gasteiger partial charge in [-0.2, -0.15) is 5.26 Å². The first-order valence-corrected chi connectivity index (χ1v) is 7.99. The van der Waals surface area contributed by atoms with Crippen LogP contribution in [0.3, 0.4) is 0 Å². The Morgan fingerprint density at radius 1 is 1.43 bits per heavy atom. The molecule has 1 aromatic heterocycles. The highest BCUT2D eigenvalue weighted by Crippen LogP contribution is 2.35. The molecule has 118 valence electrons. The van der Waals surface area contributed by atoms with Crippen molar-refractivity contribution in [1.82, 2.24) is 9.88 Å². The van der Waals surface area contributed by atoms with Crippen LogP contribution in [0.25, 0.3) is 0 Å². The van der Waals surface area contributed by atoms with E-state index in [1.165, 1.54) is 4.90 Å². The molecule has 0 bridgehead atoms. The second kappa shape index (κ2) is 6.05. The molecule has 23 heavy (non-hydrogen) atoms. The molecule has 7 heteroatoms. The van der Waals surface area contributed by atoms with Gasteiger partial charge >= 0.3 is 0 Å². The number of hydrogen-bond acceptors (Lipinski definition) is 4. The van der Waals surface area contributed by atoms with E-state index in [2.05, 4.69) is 4.98 Å². The molecule has 2 aromatic rings. The average Bonchev–Trinajstić information content (AvgIpc) is 3.02. The SMILES string of the molecule is Cc1csc(CCCN2C(=O)c3cc(F)cc(F)c3C2C#N)n1. The second-order valence-electron chi connectivity index (χ2n) is 5.37. The Bertz CT molecular complexity index is 812. The fraction of sp³-hybridized carbons (Fsp3) is 0.312. The lowest BCUT2D eigenvalue weighted by molar-refractivity contribution is 0.0755. The zero-order valence-electron chi connectivity index (χ0n) is 12.3. The molecule has 1 atom stereocenters. The molecule has 1 aliphatic heterocycles. The predicted molar refractivity (Wildman–Crippen MR) is 80.9 cm³/mol. The summed E-state index contributed by atoms with van der Waals surface area (Å²) in [6.45, 7) is 2.20. The monoisotopic (exact) mass is 333 g/mol. The summed E-state index contributed by atoms with van der Waals surface area (Å²) in [5.74, 6) is -2.16. The molecule has 1 amide bonds. The van der Waals surface area contributed by atoms with Crippen LogP contribution < -0.4 is 0 Å². The molecule has 1 aliphatic rings. The Morgan fingerprint density at radius 2 is 2.22 bits per heavy atom. The van der Waals surface area contributed by atoms with Gasteiger partial charge in [-0.1, -0.05) is 0 Å². The Balaban J connectivity index is 1.77. The lowest BCUT2D eigenvalue weighted by Gasteiger charge is -2.19. The number of amides is 1. The van der Waals surface area contributed by atoms with Crippen molar-refractivity contribution in [2.75, 3.05) is 6.54 Å². The summed E-state index contributed by atoms with van der Waals surface area (Å²) in [5, 5.41) is 12.2. The number of aromatic nitrogens is 1. The highest BCUT2D eigenvalue weighted by atomic mass is 32.1. The Morgan fingerprint density at radius 3 is 2.87 bits per heavy atom. The number of hydrogen-bond donors (Lipinski definition) is 0. The third kappa shape index (κ3) is 2.82. The van der Waals surface area contributed by atoms with E-state index in [1.54, 1.807) is 11.3 Å². The first kappa shape index (κ1) is 15.6. The molecule has 2 heterocycles. The normalized spacial score (nSPS) is 16.5. The summed E-state index contributed by atoms with van der Waals surface area (Å²) in [4.78, 5) is 18.0. The molecule has 0 aliphatic carbocycles. The number of benzene rings is 1.